The van der Waals surface area contributed by atoms with Crippen LogP contribution in [0.4, 0.5) is 11.4 Å². The molecule has 0 heterocycles. The van der Waals surface area contributed by atoms with Gasteiger partial charge in [0.1, 0.15) is 0 Å². The molecule has 0 aliphatic carbocycles. The summed E-state index contributed by atoms with van der Waals surface area (Å²) in [6, 6.07) is 17.1. The van der Waals surface area contributed by atoms with Gasteiger partial charge in [-0.3, -0.25) is 9.98 Å². The van der Waals surface area contributed by atoms with Crippen molar-refractivity contribution in [2.75, 3.05) is 0 Å². The molecule has 0 saturated heterocycles. The predicted molar refractivity (Wildman–Crippen MR) is 152 cm³/mol. The van der Waals surface area contributed by atoms with Crippen molar-refractivity contribution in [3.05, 3.63) is 84.0 Å². The summed E-state index contributed by atoms with van der Waals surface area (Å²) in [5.41, 5.74) is 5.82. The van der Waals surface area contributed by atoms with Crippen LogP contribution in [-0.4, -0.2) is 11.9 Å². The van der Waals surface area contributed by atoms with E-state index < -0.39 is 0 Å². The number of aryl methyl sites for hydroxylation is 2. The summed E-state index contributed by atoms with van der Waals surface area (Å²) in [7, 11) is 0. The highest BCUT2D eigenvalue weighted by Gasteiger charge is 2.04. The van der Waals surface area contributed by atoms with Gasteiger partial charge in [-0.05, 0) is 74.6 Å². The lowest BCUT2D eigenvalue weighted by Gasteiger charge is -2.07. The first-order valence-electron chi connectivity index (χ1n) is 13.4. The van der Waals surface area contributed by atoms with Crippen LogP contribution in [0.25, 0.3) is 0 Å². The third-order valence-corrected chi connectivity index (χ3v) is 5.79. The zero-order valence-corrected chi connectivity index (χ0v) is 21.7. The minimum absolute atomic E-state index is 0.951. The van der Waals surface area contributed by atoms with Gasteiger partial charge in [-0.15, -0.1) is 0 Å². The molecule has 0 atom stereocenters. The van der Waals surface area contributed by atoms with Gasteiger partial charge in [-0.2, -0.15) is 0 Å². The summed E-state index contributed by atoms with van der Waals surface area (Å²) in [5.74, 6) is 0. The van der Waals surface area contributed by atoms with Crippen molar-refractivity contribution in [1.82, 2.24) is 0 Å². The van der Waals surface area contributed by atoms with Gasteiger partial charge in [-0.1, -0.05) is 101 Å². The first-order chi connectivity index (χ1) is 16.8. The van der Waals surface area contributed by atoms with Crippen LogP contribution >= 0.6 is 0 Å². The number of allylic oxidation sites excluding steroid dienone is 4. The Kier molecular flexibility index (Phi) is 14.3. The van der Waals surface area contributed by atoms with Crippen molar-refractivity contribution >= 4 is 23.3 Å². The molecule has 0 spiro atoms. The zero-order valence-electron chi connectivity index (χ0n) is 21.7. The van der Waals surface area contributed by atoms with Crippen molar-refractivity contribution in [1.29, 1.82) is 0 Å². The maximum absolute atomic E-state index is 5.08. The summed E-state index contributed by atoms with van der Waals surface area (Å²) < 4.78 is 0. The van der Waals surface area contributed by atoms with Gasteiger partial charge in [0.05, 0.1) is 17.1 Å². The zero-order chi connectivity index (χ0) is 24.3. The van der Waals surface area contributed by atoms with Crippen LogP contribution in [0.1, 0.15) is 89.7 Å². The highest BCUT2D eigenvalue weighted by Crippen LogP contribution is 2.23. The Hall–Kier alpha value is -2.74. The Balaban J connectivity index is 2.18. The summed E-state index contributed by atoms with van der Waals surface area (Å²) in [6.07, 6.45) is 23.3. The van der Waals surface area contributed by atoms with E-state index >= 15 is 0 Å². The van der Waals surface area contributed by atoms with E-state index in [1.54, 1.807) is 0 Å². The maximum atomic E-state index is 5.08. The number of para-hydroxylation sites is 2. The van der Waals surface area contributed by atoms with Crippen molar-refractivity contribution < 1.29 is 0 Å². The molecule has 0 aromatic heterocycles. The Labute approximate surface area is 208 Å². The summed E-state index contributed by atoms with van der Waals surface area (Å²) in [6.45, 7) is 6.67. The van der Waals surface area contributed by atoms with Gasteiger partial charge in [0.15, 0.2) is 0 Å². The third kappa shape index (κ3) is 10.9. The fourth-order valence-corrected chi connectivity index (χ4v) is 3.77. The molecule has 182 valence electrons. The predicted octanol–water partition coefficient (Wildman–Crippen LogP) is 9.93. The Morgan fingerprint density at radius 2 is 1.18 bits per heavy atom. The van der Waals surface area contributed by atoms with E-state index in [0.29, 0.717) is 0 Å². The molecule has 0 unspecified atom stereocenters. The van der Waals surface area contributed by atoms with E-state index in [0.717, 1.165) is 74.9 Å². The van der Waals surface area contributed by atoms with Crippen LogP contribution in [0, 0.1) is 0 Å². The highest BCUT2D eigenvalue weighted by atomic mass is 14.8. The topological polar surface area (TPSA) is 24.7 Å². The molecule has 2 aromatic carbocycles. The van der Waals surface area contributed by atoms with E-state index in [2.05, 4.69) is 93.6 Å². The van der Waals surface area contributed by atoms with Crippen molar-refractivity contribution in [2.24, 2.45) is 9.98 Å². The monoisotopic (exact) mass is 456 g/mol. The van der Waals surface area contributed by atoms with Gasteiger partial charge in [0, 0.05) is 6.21 Å². The van der Waals surface area contributed by atoms with Crippen molar-refractivity contribution in [3.63, 3.8) is 0 Å². The van der Waals surface area contributed by atoms with Gasteiger partial charge in [0.25, 0.3) is 0 Å². The molecule has 0 aliphatic heterocycles. The van der Waals surface area contributed by atoms with Crippen molar-refractivity contribution in [3.8, 4) is 0 Å². The SMILES string of the molecule is CCC/C=C/CCc1ccccc1N=CC(CCCC)=Nc1ccccc1CC/C=C/CCC. The van der Waals surface area contributed by atoms with Gasteiger partial charge in [-0.25, -0.2) is 0 Å². The number of nitrogens with zero attached hydrogens (tertiary/aromatic N) is 2. The van der Waals surface area contributed by atoms with Gasteiger partial charge >= 0.3 is 0 Å². The quantitative estimate of drug-likeness (QED) is 0.177. The normalized spacial score (nSPS) is 12.5. The summed E-state index contributed by atoms with van der Waals surface area (Å²) in [5, 5.41) is 0. The third-order valence-electron chi connectivity index (χ3n) is 5.79. The van der Waals surface area contributed by atoms with Crippen molar-refractivity contribution in [2.45, 2.75) is 91.4 Å². The molecule has 0 radical (unpaired) electrons. The van der Waals surface area contributed by atoms with Crippen LogP contribution < -0.4 is 0 Å². The second-order valence-electron chi connectivity index (χ2n) is 8.82. The molecule has 34 heavy (non-hydrogen) atoms. The first kappa shape index (κ1) is 27.5. The molecule has 0 fully saturated rings. The Morgan fingerprint density at radius 3 is 1.76 bits per heavy atom. The number of benzene rings is 2. The van der Waals surface area contributed by atoms with Crippen LogP contribution in [0.2, 0.25) is 0 Å². The highest BCUT2D eigenvalue weighted by molar-refractivity contribution is 6.31. The molecule has 0 N–H and O–H groups in total. The van der Waals surface area contributed by atoms with E-state index in [9.17, 15) is 0 Å². The standard InChI is InChI=1S/C32H44N2/c1-4-7-10-12-14-20-28-22-16-18-25-31(28)33-27-30(24-9-6-3)34-32-26-19-17-23-29(32)21-15-13-11-8-5-2/h10-13,16-19,22-23,25-27H,4-9,14-15,20-21,24H2,1-3H3/b12-10+,13-11+,33-27?,34-30?. The number of rotatable bonds is 16. The van der Waals surface area contributed by atoms with E-state index in [1.807, 2.05) is 6.21 Å². The lowest BCUT2D eigenvalue weighted by atomic mass is 10.1. The molecule has 2 nitrogen and oxygen atoms in total. The van der Waals surface area contributed by atoms with Gasteiger partial charge in [0.2, 0.25) is 0 Å². The minimum atomic E-state index is 0.951. The fourth-order valence-electron chi connectivity index (χ4n) is 3.77. The van der Waals surface area contributed by atoms with E-state index in [1.165, 1.54) is 24.0 Å². The van der Waals surface area contributed by atoms with Gasteiger partial charge < -0.3 is 0 Å². The number of hydrogen-bond acceptors (Lipinski definition) is 2. The number of aliphatic imine (C=N–C) groups is 2. The maximum Gasteiger partial charge on any atom is 0.0665 e. The van der Waals surface area contributed by atoms with E-state index in [4.69, 9.17) is 9.98 Å². The first-order valence-corrected chi connectivity index (χ1v) is 13.4. The Bertz CT molecular complexity index is 934. The molecule has 0 aliphatic rings. The summed E-state index contributed by atoms with van der Waals surface area (Å²) >= 11 is 0. The molecule has 0 saturated carbocycles. The second kappa shape index (κ2) is 17.7. The molecule has 2 aromatic rings. The fraction of sp³-hybridized carbons (Fsp3) is 0.438. The molecule has 2 rings (SSSR count). The number of unbranched alkanes of at least 4 members (excludes halogenated alkanes) is 3. The Morgan fingerprint density at radius 1 is 0.647 bits per heavy atom. The minimum Gasteiger partial charge on any atom is -0.255 e. The lowest BCUT2D eigenvalue weighted by molar-refractivity contribution is 0.838. The largest absolute Gasteiger partial charge is 0.255 e. The average Bonchev–Trinajstić information content (AvgIpc) is 2.87. The van der Waals surface area contributed by atoms with Crippen LogP contribution in [-0.2, 0) is 12.8 Å². The van der Waals surface area contributed by atoms with Crippen LogP contribution in [0.3, 0.4) is 0 Å². The van der Waals surface area contributed by atoms with E-state index in [-0.39, 0.29) is 0 Å². The smallest absolute Gasteiger partial charge is 0.0665 e. The summed E-state index contributed by atoms with van der Waals surface area (Å²) in [4.78, 5) is 9.99. The lowest BCUT2D eigenvalue weighted by Crippen LogP contribution is -2.00. The van der Waals surface area contributed by atoms with Crippen LogP contribution in [0.15, 0.2) is 82.8 Å². The molecule has 2 heteroatoms. The molecular formula is C32H44N2. The molecule has 0 amide bonds. The molecule has 0 bridgehead atoms. The second-order valence-corrected chi connectivity index (χ2v) is 8.82. The average molecular weight is 457 g/mol. The number of hydrogen-bond donors (Lipinski definition) is 0. The van der Waals surface area contributed by atoms with Crippen LogP contribution in [0.5, 0.6) is 0 Å². The molecular weight excluding hydrogens is 412 g/mol.